The third-order valence-corrected chi connectivity index (χ3v) is 16.3. The van der Waals surface area contributed by atoms with Crippen molar-refractivity contribution in [3.63, 3.8) is 0 Å². The molecule has 0 aromatic rings. The molecule has 0 fully saturated rings. The van der Waals surface area contributed by atoms with E-state index in [-0.39, 0.29) is 18.5 Å². The maximum absolute atomic E-state index is 12.5. The fourth-order valence-corrected chi connectivity index (χ4v) is 11.1. The van der Waals surface area contributed by atoms with Crippen molar-refractivity contribution < 1.29 is 24.5 Å². The number of allylic oxidation sites excluding steroid dienone is 2. The molecule has 0 saturated carbocycles. The number of carbonyl (C=O) groups excluding carboxylic acids is 2. The second kappa shape index (κ2) is 65.1. The van der Waals surface area contributed by atoms with E-state index in [0.717, 1.165) is 44.9 Å². The molecule has 2 unspecified atom stereocenters. The summed E-state index contributed by atoms with van der Waals surface area (Å²) >= 11 is 0. The van der Waals surface area contributed by atoms with Crippen molar-refractivity contribution >= 4 is 11.9 Å². The monoisotopic (exact) mass is 1060 g/mol. The summed E-state index contributed by atoms with van der Waals surface area (Å²) in [4.78, 5) is 24.5. The standard InChI is InChI=1S/C69H135NO5/c1-3-5-7-9-11-13-15-17-18-34-38-41-45-49-53-57-61-67(72)66(65-71)70-68(73)62-58-54-50-46-42-39-35-32-30-28-26-24-22-20-19-21-23-25-27-29-31-33-36-40-44-48-52-56-60-64-75-69(74)63-59-55-51-47-43-37-16-14-12-10-8-6-4-2/h14,16,66-67,71-72H,3-13,15,17-65H2,1-2H3,(H,70,73)/b16-14-. The van der Waals surface area contributed by atoms with E-state index in [9.17, 15) is 19.8 Å². The van der Waals surface area contributed by atoms with Gasteiger partial charge in [0.05, 0.1) is 25.4 Å². The van der Waals surface area contributed by atoms with Gasteiger partial charge in [-0.1, -0.05) is 341 Å². The van der Waals surface area contributed by atoms with Crippen molar-refractivity contribution in [2.24, 2.45) is 0 Å². The summed E-state index contributed by atoms with van der Waals surface area (Å²) < 4.78 is 5.48. The second-order valence-corrected chi connectivity index (χ2v) is 23.9. The Morgan fingerprint density at radius 1 is 0.360 bits per heavy atom. The van der Waals surface area contributed by atoms with Crippen LogP contribution in [0.5, 0.6) is 0 Å². The Labute approximate surface area is 469 Å². The minimum absolute atomic E-state index is 0.0110. The molecule has 0 aliphatic rings. The average Bonchev–Trinajstić information content (AvgIpc) is 3.41. The molecule has 3 N–H and O–H groups in total. The lowest BCUT2D eigenvalue weighted by atomic mass is 10.0. The van der Waals surface area contributed by atoms with Gasteiger partial charge >= 0.3 is 5.97 Å². The predicted octanol–water partition coefficient (Wildman–Crippen LogP) is 22.0. The van der Waals surface area contributed by atoms with Gasteiger partial charge in [0.15, 0.2) is 0 Å². The van der Waals surface area contributed by atoms with Gasteiger partial charge in [-0.2, -0.15) is 0 Å². The maximum Gasteiger partial charge on any atom is 0.305 e. The Balaban J connectivity index is 3.33. The zero-order valence-electron chi connectivity index (χ0n) is 51.1. The molecule has 0 aliphatic heterocycles. The van der Waals surface area contributed by atoms with Gasteiger partial charge in [-0.25, -0.2) is 0 Å². The van der Waals surface area contributed by atoms with E-state index in [1.165, 1.54) is 315 Å². The molecule has 0 aromatic heterocycles. The van der Waals surface area contributed by atoms with Crippen LogP contribution in [0.25, 0.3) is 0 Å². The Hall–Kier alpha value is -1.40. The molecule has 446 valence electrons. The summed E-state index contributed by atoms with van der Waals surface area (Å²) in [5.41, 5.74) is 0. The van der Waals surface area contributed by atoms with Crippen LogP contribution in [0.3, 0.4) is 0 Å². The summed E-state index contributed by atoms with van der Waals surface area (Å²) in [5.74, 6) is -0.0169. The van der Waals surface area contributed by atoms with Gasteiger partial charge in [0.2, 0.25) is 5.91 Å². The molecule has 75 heavy (non-hydrogen) atoms. The third kappa shape index (κ3) is 61.7. The number of nitrogens with one attached hydrogen (secondary N) is 1. The molecule has 0 aromatic carbocycles. The highest BCUT2D eigenvalue weighted by atomic mass is 16.5. The molecule has 0 saturated heterocycles. The molecule has 6 nitrogen and oxygen atoms in total. The summed E-state index contributed by atoms with van der Waals surface area (Å²) in [6.07, 6.45) is 79.7. The van der Waals surface area contributed by atoms with Crippen molar-refractivity contribution in [2.75, 3.05) is 13.2 Å². The molecular weight excluding hydrogens is 923 g/mol. The van der Waals surface area contributed by atoms with Crippen molar-refractivity contribution in [2.45, 2.75) is 405 Å². The first-order chi connectivity index (χ1) is 37.0. The largest absolute Gasteiger partial charge is 0.466 e. The second-order valence-electron chi connectivity index (χ2n) is 23.9. The summed E-state index contributed by atoms with van der Waals surface area (Å²) in [6, 6.07) is -0.538. The number of aliphatic hydroxyl groups is 2. The fraction of sp³-hybridized carbons (Fsp3) is 0.942. The van der Waals surface area contributed by atoms with Crippen LogP contribution >= 0.6 is 0 Å². The quantitative estimate of drug-likeness (QED) is 0.0320. The Morgan fingerprint density at radius 2 is 0.627 bits per heavy atom. The zero-order chi connectivity index (χ0) is 54.3. The van der Waals surface area contributed by atoms with E-state index in [2.05, 4.69) is 31.3 Å². The molecule has 0 rings (SSSR count). The van der Waals surface area contributed by atoms with Crippen molar-refractivity contribution in [1.82, 2.24) is 5.32 Å². The fourth-order valence-electron chi connectivity index (χ4n) is 11.1. The number of hydrogen-bond acceptors (Lipinski definition) is 5. The van der Waals surface area contributed by atoms with E-state index in [4.69, 9.17) is 4.74 Å². The third-order valence-electron chi connectivity index (χ3n) is 16.3. The van der Waals surface area contributed by atoms with Crippen LogP contribution in [0.1, 0.15) is 393 Å². The van der Waals surface area contributed by atoms with Crippen molar-refractivity contribution in [3.8, 4) is 0 Å². The molecule has 0 aliphatic carbocycles. The van der Waals surface area contributed by atoms with Gasteiger partial charge in [0.1, 0.15) is 0 Å². The number of esters is 1. The number of rotatable bonds is 65. The number of aliphatic hydroxyl groups excluding tert-OH is 2. The van der Waals surface area contributed by atoms with E-state index >= 15 is 0 Å². The first-order valence-corrected chi connectivity index (χ1v) is 34.4. The zero-order valence-corrected chi connectivity index (χ0v) is 51.1. The number of hydrogen-bond donors (Lipinski definition) is 3. The first-order valence-electron chi connectivity index (χ1n) is 34.4. The van der Waals surface area contributed by atoms with Crippen LogP contribution in [0, 0.1) is 0 Å². The average molecular weight is 1060 g/mol. The highest BCUT2D eigenvalue weighted by Crippen LogP contribution is 2.19. The predicted molar refractivity (Wildman–Crippen MR) is 329 cm³/mol. The molecule has 0 bridgehead atoms. The summed E-state index contributed by atoms with van der Waals surface area (Å²) in [6.45, 7) is 4.97. The molecular formula is C69H135NO5. The molecule has 6 heteroatoms. The first kappa shape index (κ1) is 73.6. The number of amides is 1. The van der Waals surface area contributed by atoms with Gasteiger partial charge in [-0.05, 0) is 51.4 Å². The molecule has 0 radical (unpaired) electrons. The number of carbonyl (C=O) groups is 2. The molecule has 1 amide bonds. The van der Waals surface area contributed by atoms with Gasteiger partial charge < -0.3 is 20.3 Å². The van der Waals surface area contributed by atoms with E-state index in [0.29, 0.717) is 25.9 Å². The van der Waals surface area contributed by atoms with Gasteiger partial charge in [0, 0.05) is 12.8 Å². The Morgan fingerprint density at radius 3 is 0.960 bits per heavy atom. The smallest absolute Gasteiger partial charge is 0.305 e. The van der Waals surface area contributed by atoms with Crippen LogP contribution in [0.15, 0.2) is 12.2 Å². The van der Waals surface area contributed by atoms with E-state index < -0.39 is 12.1 Å². The van der Waals surface area contributed by atoms with Crippen LogP contribution in [-0.2, 0) is 14.3 Å². The number of ether oxygens (including phenoxy) is 1. The normalized spacial score (nSPS) is 12.5. The highest BCUT2D eigenvalue weighted by molar-refractivity contribution is 5.76. The topological polar surface area (TPSA) is 95.9 Å². The van der Waals surface area contributed by atoms with Crippen LogP contribution in [0.2, 0.25) is 0 Å². The van der Waals surface area contributed by atoms with Crippen LogP contribution in [-0.4, -0.2) is 47.4 Å². The van der Waals surface area contributed by atoms with Crippen LogP contribution < -0.4 is 5.32 Å². The lowest BCUT2D eigenvalue weighted by molar-refractivity contribution is -0.143. The summed E-state index contributed by atoms with van der Waals surface area (Å²) in [7, 11) is 0. The molecule has 0 spiro atoms. The number of unbranched alkanes of at least 4 members (excludes halogenated alkanes) is 52. The minimum Gasteiger partial charge on any atom is -0.466 e. The minimum atomic E-state index is -0.661. The van der Waals surface area contributed by atoms with Crippen molar-refractivity contribution in [3.05, 3.63) is 12.2 Å². The van der Waals surface area contributed by atoms with Gasteiger partial charge in [-0.3, -0.25) is 9.59 Å². The van der Waals surface area contributed by atoms with Gasteiger partial charge in [-0.15, -0.1) is 0 Å². The SMILES string of the molecule is CCCCCC/C=C\CCCCCCCC(=O)OCCCCCCCCCCCCCCCCCCCCCCCCCCCCCCCC(=O)NC(CO)C(O)CCCCCCCCCCCCCCCCCC. The lowest BCUT2D eigenvalue weighted by Gasteiger charge is -2.22. The molecule has 2 atom stereocenters. The van der Waals surface area contributed by atoms with Gasteiger partial charge in [0.25, 0.3) is 0 Å². The van der Waals surface area contributed by atoms with E-state index in [1.54, 1.807) is 0 Å². The van der Waals surface area contributed by atoms with E-state index in [1.807, 2.05) is 0 Å². The maximum atomic E-state index is 12.5. The van der Waals surface area contributed by atoms with Crippen molar-refractivity contribution in [1.29, 1.82) is 0 Å². The Kier molecular flexibility index (Phi) is 63.9. The Bertz CT molecular complexity index is 1130. The summed E-state index contributed by atoms with van der Waals surface area (Å²) in [5, 5.41) is 23.3. The lowest BCUT2D eigenvalue weighted by Crippen LogP contribution is -2.45. The molecule has 0 heterocycles. The highest BCUT2D eigenvalue weighted by Gasteiger charge is 2.20. The van der Waals surface area contributed by atoms with Crippen LogP contribution in [0.4, 0.5) is 0 Å².